The molecule has 4 rings (SSSR count). The van der Waals surface area contributed by atoms with Gasteiger partial charge in [0, 0.05) is 23.5 Å². The van der Waals surface area contributed by atoms with Gasteiger partial charge in [0.15, 0.2) is 0 Å². The molecule has 0 aliphatic heterocycles. The minimum Gasteiger partial charge on any atom is -0.469 e. The Morgan fingerprint density at radius 2 is 1.90 bits per heavy atom. The lowest BCUT2D eigenvalue weighted by atomic mass is 9.91. The van der Waals surface area contributed by atoms with Gasteiger partial charge in [-0.05, 0) is 69.4 Å². The average Bonchev–Trinajstić information content (AvgIpc) is 3.37. The van der Waals surface area contributed by atoms with Crippen LogP contribution in [-0.4, -0.2) is 27.6 Å². The highest BCUT2D eigenvalue weighted by Gasteiger charge is 2.24. The second-order valence-corrected chi connectivity index (χ2v) is 7.90. The van der Waals surface area contributed by atoms with Crippen LogP contribution in [0, 0.1) is 13.8 Å². The van der Waals surface area contributed by atoms with E-state index in [1.807, 2.05) is 17.8 Å². The predicted octanol–water partition coefficient (Wildman–Crippen LogP) is 4.26. The number of carbonyl (C=O) groups excluding carboxylic acids is 2. The van der Waals surface area contributed by atoms with Gasteiger partial charge >= 0.3 is 0 Å². The maximum atomic E-state index is 12.7. The van der Waals surface area contributed by atoms with Crippen LogP contribution in [0.4, 0.5) is 5.69 Å². The number of amides is 2. The summed E-state index contributed by atoms with van der Waals surface area (Å²) in [6, 6.07) is 9.16. The van der Waals surface area contributed by atoms with Crippen LogP contribution in [0.1, 0.15) is 63.8 Å². The topological polar surface area (TPSA) is 89.2 Å². The minimum atomic E-state index is -0.258. The van der Waals surface area contributed by atoms with Gasteiger partial charge in [0.05, 0.1) is 24.1 Å². The van der Waals surface area contributed by atoms with Crippen molar-refractivity contribution in [3.8, 4) is 0 Å². The number of furan rings is 1. The lowest BCUT2D eigenvalue weighted by Gasteiger charge is -2.29. The molecular formula is C23H26N4O3. The maximum Gasteiger partial charge on any atom is 0.259 e. The van der Waals surface area contributed by atoms with Gasteiger partial charge < -0.3 is 15.1 Å². The molecule has 0 unspecified atom stereocenters. The standard InChI is InChI=1S/C23H26N4O3/c1-15-13-24-27(14-15)20-8-6-18(7-9-20)25-22(28)17-4-3-5-19(12-17)26-23(29)21-10-11-30-16(21)2/h3-5,10-14,18,20H,6-9H2,1-2H3,(H,25,28)(H,26,29). The third-order valence-corrected chi connectivity index (χ3v) is 5.62. The molecule has 1 aromatic carbocycles. The van der Waals surface area contributed by atoms with Crippen LogP contribution in [0.5, 0.6) is 0 Å². The Bertz CT molecular complexity index is 1040. The van der Waals surface area contributed by atoms with E-state index in [1.165, 1.54) is 11.8 Å². The molecule has 0 bridgehead atoms. The molecule has 2 amide bonds. The highest BCUT2D eigenvalue weighted by molar-refractivity contribution is 6.05. The van der Waals surface area contributed by atoms with Crippen LogP contribution < -0.4 is 10.6 Å². The van der Waals surface area contributed by atoms with E-state index in [0.717, 1.165) is 25.7 Å². The number of nitrogens with zero attached hydrogens (tertiary/aromatic N) is 2. The minimum absolute atomic E-state index is 0.121. The summed E-state index contributed by atoms with van der Waals surface area (Å²) in [6.07, 6.45) is 9.27. The predicted molar refractivity (Wildman–Crippen MR) is 114 cm³/mol. The fourth-order valence-corrected chi connectivity index (χ4v) is 3.94. The third-order valence-electron chi connectivity index (χ3n) is 5.62. The van der Waals surface area contributed by atoms with Crippen LogP contribution >= 0.6 is 0 Å². The Morgan fingerprint density at radius 1 is 1.10 bits per heavy atom. The second-order valence-electron chi connectivity index (χ2n) is 7.90. The molecule has 0 atom stereocenters. The first kappa shape index (κ1) is 19.9. The zero-order valence-electron chi connectivity index (χ0n) is 17.2. The van der Waals surface area contributed by atoms with Crippen LogP contribution in [0.25, 0.3) is 0 Å². The Labute approximate surface area is 175 Å². The average molecular weight is 406 g/mol. The van der Waals surface area contributed by atoms with Crippen molar-refractivity contribution in [3.63, 3.8) is 0 Å². The molecule has 30 heavy (non-hydrogen) atoms. The van der Waals surface area contributed by atoms with Crippen LogP contribution in [0.3, 0.4) is 0 Å². The summed E-state index contributed by atoms with van der Waals surface area (Å²) >= 11 is 0. The highest BCUT2D eigenvalue weighted by atomic mass is 16.3. The van der Waals surface area contributed by atoms with Crippen LogP contribution in [0.15, 0.2) is 53.4 Å². The maximum absolute atomic E-state index is 12.7. The lowest BCUT2D eigenvalue weighted by Crippen LogP contribution is -2.38. The Hall–Kier alpha value is -3.35. The number of nitrogens with one attached hydrogen (secondary N) is 2. The Morgan fingerprint density at radius 3 is 2.57 bits per heavy atom. The Kier molecular flexibility index (Phi) is 5.70. The summed E-state index contributed by atoms with van der Waals surface area (Å²) in [7, 11) is 0. The SMILES string of the molecule is Cc1cnn(C2CCC(NC(=O)c3cccc(NC(=O)c4ccoc4C)c3)CC2)c1. The van der Waals surface area contributed by atoms with Crippen LogP contribution in [-0.2, 0) is 0 Å². The number of aromatic nitrogens is 2. The van der Waals surface area contributed by atoms with Gasteiger partial charge in [0.1, 0.15) is 5.76 Å². The summed E-state index contributed by atoms with van der Waals surface area (Å²) in [6.45, 7) is 3.78. The lowest BCUT2D eigenvalue weighted by molar-refractivity contribution is 0.0920. The van der Waals surface area contributed by atoms with Crippen molar-refractivity contribution in [2.24, 2.45) is 0 Å². The van der Waals surface area contributed by atoms with Gasteiger partial charge in [-0.1, -0.05) is 6.07 Å². The monoisotopic (exact) mass is 406 g/mol. The number of hydrogen-bond donors (Lipinski definition) is 2. The number of benzene rings is 1. The molecule has 7 heteroatoms. The van der Waals surface area contributed by atoms with Crippen molar-refractivity contribution in [1.29, 1.82) is 0 Å². The quantitative estimate of drug-likeness (QED) is 0.663. The summed E-state index contributed by atoms with van der Waals surface area (Å²) < 4.78 is 7.22. The molecule has 0 spiro atoms. The smallest absolute Gasteiger partial charge is 0.259 e. The molecule has 0 saturated heterocycles. The first-order chi connectivity index (χ1) is 14.5. The van der Waals surface area contributed by atoms with Gasteiger partial charge in [-0.2, -0.15) is 5.10 Å². The summed E-state index contributed by atoms with van der Waals surface area (Å²) in [5.74, 6) is 0.178. The molecule has 156 valence electrons. The van der Waals surface area contributed by atoms with Gasteiger partial charge in [-0.3, -0.25) is 14.3 Å². The summed E-state index contributed by atoms with van der Waals surface area (Å²) in [4.78, 5) is 25.1. The molecule has 1 aliphatic carbocycles. The molecule has 2 N–H and O–H groups in total. The number of hydrogen-bond acceptors (Lipinski definition) is 4. The molecule has 1 saturated carbocycles. The van der Waals surface area contributed by atoms with Crippen molar-refractivity contribution in [1.82, 2.24) is 15.1 Å². The van der Waals surface area contributed by atoms with Gasteiger partial charge in [-0.15, -0.1) is 0 Å². The van der Waals surface area contributed by atoms with E-state index in [2.05, 4.69) is 21.9 Å². The molecule has 2 heterocycles. The van der Waals surface area contributed by atoms with E-state index in [0.29, 0.717) is 28.6 Å². The fraction of sp³-hybridized carbons (Fsp3) is 0.348. The normalized spacial score (nSPS) is 18.7. The molecule has 7 nitrogen and oxygen atoms in total. The van der Waals surface area contributed by atoms with E-state index >= 15 is 0 Å². The molecule has 0 radical (unpaired) electrons. The van der Waals surface area contributed by atoms with Crippen molar-refractivity contribution >= 4 is 17.5 Å². The highest BCUT2D eigenvalue weighted by Crippen LogP contribution is 2.28. The third kappa shape index (κ3) is 4.45. The first-order valence-corrected chi connectivity index (χ1v) is 10.3. The molecule has 3 aromatic rings. The van der Waals surface area contributed by atoms with Gasteiger partial charge in [0.2, 0.25) is 0 Å². The zero-order valence-corrected chi connectivity index (χ0v) is 17.2. The van der Waals surface area contributed by atoms with E-state index in [9.17, 15) is 9.59 Å². The number of rotatable bonds is 5. The molecule has 1 aliphatic rings. The fourth-order valence-electron chi connectivity index (χ4n) is 3.94. The van der Waals surface area contributed by atoms with E-state index < -0.39 is 0 Å². The van der Waals surface area contributed by atoms with Crippen molar-refractivity contribution in [3.05, 3.63) is 71.4 Å². The molecule has 2 aromatic heterocycles. The number of aryl methyl sites for hydroxylation is 2. The van der Waals surface area contributed by atoms with Crippen molar-refractivity contribution < 1.29 is 14.0 Å². The molecule has 1 fully saturated rings. The van der Waals surface area contributed by atoms with Gasteiger partial charge in [0.25, 0.3) is 11.8 Å². The second kappa shape index (κ2) is 8.57. The largest absolute Gasteiger partial charge is 0.469 e. The summed E-state index contributed by atoms with van der Waals surface area (Å²) in [5.41, 5.74) is 2.75. The molecular weight excluding hydrogens is 380 g/mol. The van der Waals surface area contributed by atoms with Crippen molar-refractivity contribution in [2.45, 2.75) is 51.6 Å². The van der Waals surface area contributed by atoms with Crippen molar-refractivity contribution in [2.75, 3.05) is 5.32 Å². The first-order valence-electron chi connectivity index (χ1n) is 10.3. The van der Waals surface area contributed by atoms with E-state index in [-0.39, 0.29) is 17.9 Å². The van der Waals surface area contributed by atoms with Crippen LogP contribution in [0.2, 0.25) is 0 Å². The van der Waals surface area contributed by atoms with E-state index in [1.54, 1.807) is 37.3 Å². The number of anilines is 1. The van der Waals surface area contributed by atoms with Gasteiger partial charge in [-0.25, -0.2) is 0 Å². The number of carbonyl (C=O) groups is 2. The summed E-state index contributed by atoms with van der Waals surface area (Å²) in [5, 5.41) is 10.4. The van der Waals surface area contributed by atoms with E-state index in [4.69, 9.17) is 4.42 Å². The zero-order chi connectivity index (χ0) is 21.1. The Balaban J connectivity index is 1.33.